The highest BCUT2D eigenvalue weighted by atomic mass is 16.4. The van der Waals surface area contributed by atoms with Crippen molar-refractivity contribution in [2.45, 2.75) is 39.3 Å². The van der Waals surface area contributed by atoms with Gasteiger partial charge in [0.05, 0.1) is 5.69 Å². The van der Waals surface area contributed by atoms with Gasteiger partial charge in [-0.3, -0.25) is 9.48 Å². The van der Waals surface area contributed by atoms with Gasteiger partial charge in [-0.2, -0.15) is 5.10 Å². The van der Waals surface area contributed by atoms with Gasteiger partial charge in [0.15, 0.2) is 5.69 Å². The summed E-state index contributed by atoms with van der Waals surface area (Å²) in [7, 11) is 0. The predicted octanol–water partition coefficient (Wildman–Crippen LogP) is 0.468. The van der Waals surface area contributed by atoms with E-state index in [2.05, 4.69) is 10.4 Å². The van der Waals surface area contributed by atoms with Gasteiger partial charge in [-0.25, -0.2) is 4.79 Å². The van der Waals surface area contributed by atoms with Gasteiger partial charge in [0.25, 0.3) is 0 Å². The Hall–Kier alpha value is -2.05. The largest absolute Gasteiger partial charge is 0.476 e. The summed E-state index contributed by atoms with van der Waals surface area (Å²) in [4.78, 5) is 22.4. The van der Waals surface area contributed by atoms with Crippen molar-refractivity contribution < 1.29 is 14.7 Å². The van der Waals surface area contributed by atoms with E-state index in [1.54, 1.807) is 0 Å². The van der Waals surface area contributed by atoms with E-state index in [-0.39, 0.29) is 29.9 Å². The van der Waals surface area contributed by atoms with Gasteiger partial charge in [-0.05, 0) is 13.3 Å². The normalized spacial score (nSPS) is 12.1. The fraction of sp³-hybridized carbons (Fsp3) is 0.545. The minimum atomic E-state index is -1.20. The van der Waals surface area contributed by atoms with Crippen molar-refractivity contribution in [3.63, 3.8) is 0 Å². The van der Waals surface area contributed by atoms with Crippen LogP contribution in [0.2, 0.25) is 0 Å². The molecule has 1 aromatic rings. The van der Waals surface area contributed by atoms with Crippen LogP contribution >= 0.6 is 0 Å². The van der Waals surface area contributed by atoms with Gasteiger partial charge in [0.1, 0.15) is 6.54 Å². The summed E-state index contributed by atoms with van der Waals surface area (Å²) in [5.41, 5.74) is 5.29. The summed E-state index contributed by atoms with van der Waals surface area (Å²) in [5.74, 6) is -1.42. The molecule has 0 saturated carbocycles. The molecule has 7 heteroatoms. The number of nitrogens with two attached hydrogens (primary N) is 1. The highest BCUT2D eigenvalue weighted by Crippen LogP contribution is 2.08. The maximum atomic E-state index is 11.6. The molecule has 7 nitrogen and oxygen atoms in total. The molecule has 18 heavy (non-hydrogen) atoms. The molecule has 4 N–H and O–H groups in total. The van der Waals surface area contributed by atoms with Crippen LogP contribution in [-0.2, 0) is 11.3 Å². The van der Waals surface area contributed by atoms with E-state index >= 15 is 0 Å². The standard InChI is InChI=1S/C11H18N4O3/c1-3-4-7(2)13-9(16)6-15-5-8(12)10(14-15)11(17)18/h5,7H,3-4,6,12H2,1-2H3,(H,13,16)(H,17,18). The predicted molar refractivity (Wildman–Crippen MR) is 66.1 cm³/mol. The SMILES string of the molecule is CCCC(C)NC(=O)Cn1cc(N)c(C(=O)O)n1. The van der Waals surface area contributed by atoms with Crippen LogP contribution < -0.4 is 11.1 Å². The van der Waals surface area contributed by atoms with Gasteiger partial charge in [0, 0.05) is 12.2 Å². The molecule has 100 valence electrons. The molecule has 1 heterocycles. The summed E-state index contributed by atoms with van der Waals surface area (Å²) in [6.07, 6.45) is 3.22. The van der Waals surface area contributed by atoms with E-state index in [1.807, 2.05) is 13.8 Å². The lowest BCUT2D eigenvalue weighted by atomic mass is 10.2. The van der Waals surface area contributed by atoms with Crippen LogP contribution in [0.4, 0.5) is 5.69 Å². The molecule has 0 aliphatic heterocycles. The highest BCUT2D eigenvalue weighted by molar-refractivity contribution is 5.91. The number of anilines is 1. The fourth-order valence-corrected chi connectivity index (χ4v) is 1.66. The number of carboxylic acids is 1. The Balaban J connectivity index is 2.59. The summed E-state index contributed by atoms with van der Waals surface area (Å²) >= 11 is 0. The van der Waals surface area contributed by atoms with E-state index in [9.17, 15) is 9.59 Å². The lowest BCUT2D eigenvalue weighted by molar-refractivity contribution is -0.122. The van der Waals surface area contributed by atoms with Crippen LogP contribution in [0.5, 0.6) is 0 Å². The Morgan fingerprint density at radius 3 is 2.78 bits per heavy atom. The molecular formula is C11H18N4O3. The summed E-state index contributed by atoms with van der Waals surface area (Å²) < 4.78 is 1.23. The minimum absolute atomic E-state index is 0.0362. The Labute approximate surface area is 105 Å². The van der Waals surface area contributed by atoms with Crippen LogP contribution in [0.25, 0.3) is 0 Å². The van der Waals surface area contributed by atoms with Crippen molar-refractivity contribution >= 4 is 17.6 Å². The second-order valence-electron chi connectivity index (χ2n) is 4.19. The quantitative estimate of drug-likeness (QED) is 0.683. The Morgan fingerprint density at radius 1 is 1.61 bits per heavy atom. The number of hydrogen-bond acceptors (Lipinski definition) is 4. The third kappa shape index (κ3) is 3.76. The molecule has 1 aromatic heterocycles. The Morgan fingerprint density at radius 2 is 2.28 bits per heavy atom. The second-order valence-corrected chi connectivity index (χ2v) is 4.19. The zero-order chi connectivity index (χ0) is 13.7. The summed E-state index contributed by atoms with van der Waals surface area (Å²) in [6.45, 7) is 3.92. The zero-order valence-electron chi connectivity index (χ0n) is 10.5. The molecule has 1 rings (SSSR count). The smallest absolute Gasteiger partial charge is 0.358 e. The van der Waals surface area contributed by atoms with Crippen molar-refractivity contribution in [3.05, 3.63) is 11.9 Å². The number of carbonyl (C=O) groups is 2. The van der Waals surface area contributed by atoms with Gasteiger partial charge in [-0.15, -0.1) is 0 Å². The number of aromatic nitrogens is 2. The molecule has 0 aliphatic carbocycles. The monoisotopic (exact) mass is 254 g/mol. The lowest BCUT2D eigenvalue weighted by Crippen LogP contribution is -2.35. The van der Waals surface area contributed by atoms with Crippen LogP contribution in [0.1, 0.15) is 37.2 Å². The summed E-state index contributed by atoms with van der Waals surface area (Å²) in [6, 6.07) is 0.0920. The first kappa shape index (κ1) is 14.0. The lowest BCUT2D eigenvalue weighted by Gasteiger charge is -2.12. The highest BCUT2D eigenvalue weighted by Gasteiger charge is 2.15. The van der Waals surface area contributed by atoms with E-state index in [0.717, 1.165) is 12.8 Å². The molecule has 0 saturated heterocycles. The third-order valence-electron chi connectivity index (χ3n) is 2.43. The van der Waals surface area contributed by atoms with Crippen molar-refractivity contribution in [1.82, 2.24) is 15.1 Å². The number of carbonyl (C=O) groups excluding carboxylic acids is 1. The van der Waals surface area contributed by atoms with Crippen LogP contribution in [-0.4, -0.2) is 32.8 Å². The topological polar surface area (TPSA) is 110 Å². The molecule has 0 bridgehead atoms. The van der Waals surface area contributed by atoms with E-state index in [4.69, 9.17) is 10.8 Å². The number of hydrogen-bond donors (Lipinski definition) is 3. The van der Waals surface area contributed by atoms with Crippen molar-refractivity contribution in [3.8, 4) is 0 Å². The second kappa shape index (κ2) is 6.04. The molecule has 1 amide bonds. The van der Waals surface area contributed by atoms with Gasteiger partial charge >= 0.3 is 5.97 Å². The molecular weight excluding hydrogens is 236 g/mol. The van der Waals surface area contributed by atoms with Gasteiger partial charge in [-0.1, -0.05) is 13.3 Å². The first-order valence-corrected chi connectivity index (χ1v) is 5.79. The number of rotatable bonds is 6. The maximum Gasteiger partial charge on any atom is 0.358 e. The van der Waals surface area contributed by atoms with Crippen LogP contribution in [0.15, 0.2) is 6.20 Å². The van der Waals surface area contributed by atoms with Gasteiger partial charge < -0.3 is 16.2 Å². The van der Waals surface area contributed by atoms with Crippen molar-refractivity contribution in [2.75, 3.05) is 5.73 Å². The first-order chi connectivity index (χ1) is 8.43. The number of nitrogens with zero attached hydrogens (tertiary/aromatic N) is 2. The third-order valence-corrected chi connectivity index (χ3v) is 2.43. The number of carboxylic acid groups (broad SMARTS) is 1. The average Bonchev–Trinajstić information content (AvgIpc) is 2.59. The van der Waals surface area contributed by atoms with E-state index < -0.39 is 5.97 Å². The molecule has 0 fully saturated rings. The maximum absolute atomic E-state index is 11.6. The minimum Gasteiger partial charge on any atom is -0.476 e. The molecule has 0 spiro atoms. The molecule has 0 aromatic carbocycles. The van der Waals surface area contributed by atoms with Gasteiger partial charge in [0.2, 0.25) is 5.91 Å². The molecule has 0 aliphatic rings. The number of amides is 1. The van der Waals surface area contributed by atoms with Crippen molar-refractivity contribution in [2.24, 2.45) is 0 Å². The molecule has 0 radical (unpaired) electrons. The zero-order valence-corrected chi connectivity index (χ0v) is 10.5. The molecule has 1 unspecified atom stereocenters. The average molecular weight is 254 g/mol. The first-order valence-electron chi connectivity index (χ1n) is 5.79. The Bertz CT molecular complexity index is 441. The number of nitrogens with one attached hydrogen (secondary N) is 1. The van der Waals surface area contributed by atoms with Crippen LogP contribution in [0, 0.1) is 0 Å². The van der Waals surface area contributed by atoms with Crippen LogP contribution in [0.3, 0.4) is 0 Å². The number of nitrogen functional groups attached to an aromatic ring is 1. The fourth-order valence-electron chi connectivity index (χ4n) is 1.66. The number of aromatic carboxylic acids is 1. The Kier molecular flexibility index (Phi) is 4.70. The summed E-state index contributed by atoms with van der Waals surface area (Å²) in [5, 5.41) is 15.3. The molecule has 1 atom stereocenters. The van der Waals surface area contributed by atoms with E-state index in [0.29, 0.717) is 0 Å². The van der Waals surface area contributed by atoms with E-state index in [1.165, 1.54) is 10.9 Å². The van der Waals surface area contributed by atoms with Crippen molar-refractivity contribution in [1.29, 1.82) is 0 Å².